The van der Waals surface area contributed by atoms with Crippen LogP contribution in [0.25, 0.3) is 0 Å². The highest BCUT2D eigenvalue weighted by Crippen LogP contribution is 2.66. The van der Waals surface area contributed by atoms with Crippen LogP contribution in [-0.2, 0) is 9.47 Å². The standard InChI is InChI=1S/C16H24O2/c1-3-17-10-12-7-14-13-5-6-16(9-13,11-18-4-2)15(14)8-12/h3-4,12-15H,1-2,5-11H2. The Morgan fingerprint density at radius 3 is 2.78 bits per heavy atom. The maximum Gasteiger partial charge on any atom is 0.0932 e. The second kappa shape index (κ2) is 4.64. The van der Waals surface area contributed by atoms with Crippen molar-refractivity contribution in [2.24, 2.45) is 29.1 Å². The lowest BCUT2D eigenvalue weighted by Gasteiger charge is -2.35. The van der Waals surface area contributed by atoms with Crippen LogP contribution >= 0.6 is 0 Å². The van der Waals surface area contributed by atoms with Crippen molar-refractivity contribution < 1.29 is 9.47 Å². The van der Waals surface area contributed by atoms with Gasteiger partial charge in [0.25, 0.3) is 0 Å². The minimum absolute atomic E-state index is 0.465. The van der Waals surface area contributed by atoms with Crippen molar-refractivity contribution in [1.82, 2.24) is 0 Å². The summed E-state index contributed by atoms with van der Waals surface area (Å²) >= 11 is 0. The van der Waals surface area contributed by atoms with E-state index < -0.39 is 0 Å². The molecule has 0 aliphatic heterocycles. The van der Waals surface area contributed by atoms with Crippen molar-refractivity contribution in [3.63, 3.8) is 0 Å². The van der Waals surface area contributed by atoms with Gasteiger partial charge in [-0.05, 0) is 55.8 Å². The van der Waals surface area contributed by atoms with Crippen LogP contribution in [0.4, 0.5) is 0 Å². The Morgan fingerprint density at radius 1 is 1.17 bits per heavy atom. The average molecular weight is 248 g/mol. The Bertz CT molecular complexity index is 338. The molecule has 0 aromatic heterocycles. The SMILES string of the molecule is C=COCC1CC2C3CCC(COC=C)(C3)C2C1. The molecule has 0 radical (unpaired) electrons. The first-order valence-electron chi connectivity index (χ1n) is 7.24. The maximum absolute atomic E-state index is 5.58. The van der Waals surface area contributed by atoms with Crippen molar-refractivity contribution in [2.75, 3.05) is 13.2 Å². The van der Waals surface area contributed by atoms with Crippen LogP contribution in [0.15, 0.2) is 25.7 Å². The summed E-state index contributed by atoms with van der Waals surface area (Å²) in [7, 11) is 0. The first-order valence-corrected chi connectivity index (χ1v) is 7.24. The van der Waals surface area contributed by atoms with E-state index in [-0.39, 0.29) is 0 Å². The zero-order chi connectivity index (χ0) is 12.6. The van der Waals surface area contributed by atoms with Gasteiger partial charge in [0.1, 0.15) is 0 Å². The third-order valence-corrected chi connectivity index (χ3v) is 5.72. The summed E-state index contributed by atoms with van der Waals surface area (Å²) in [6, 6.07) is 0. The number of hydrogen-bond donors (Lipinski definition) is 0. The molecule has 3 aliphatic carbocycles. The maximum atomic E-state index is 5.58. The normalized spacial score (nSPS) is 44.7. The van der Waals surface area contributed by atoms with E-state index in [1.165, 1.54) is 32.1 Å². The molecule has 3 fully saturated rings. The van der Waals surface area contributed by atoms with Crippen molar-refractivity contribution in [2.45, 2.75) is 32.1 Å². The van der Waals surface area contributed by atoms with E-state index in [2.05, 4.69) is 13.2 Å². The minimum atomic E-state index is 0.465. The highest BCUT2D eigenvalue weighted by Gasteiger charge is 2.60. The largest absolute Gasteiger partial charge is 0.502 e. The quantitative estimate of drug-likeness (QED) is 0.666. The zero-order valence-electron chi connectivity index (χ0n) is 11.1. The summed E-state index contributed by atoms with van der Waals surface area (Å²) in [5.74, 6) is 3.50. The Balaban J connectivity index is 1.68. The number of fused-ring (bicyclic) bond motifs is 5. The van der Waals surface area contributed by atoms with E-state index in [0.717, 1.165) is 36.9 Å². The Kier molecular flexibility index (Phi) is 3.13. The van der Waals surface area contributed by atoms with E-state index in [1.54, 1.807) is 12.5 Å². The van der Waals surface area contributed by atoms with E-state index >= 15 is 0 Å². The fourth-order valence-corrected chi connectivity index (χ4v) is 5.11. The first-order chi connectivity index (χ1) is 8.79. The summed E-state index contributed by atoms with van der Waals surface area (Å²) in [5.41, 5.74) is 0.465. The van der Waals surface area contributed by atoms with Crippen LogP contribution in [0.2, 0.25) is 0 Å². The summed E-state index contributed by atoms with van der Waals surface area (Å²) in [5, 5.41) is 0. The van der Waals surface area contributed by atoms with Gasteiger partial charge < -0.3 is 9.47 Å². The van der Waals surface area contributed by atoms with Crippen LogP contribution in [0.1, 0.15) is 32.1 Å². The van der Waals surface area contributed by atoms with Gasteiger partial charge >= 0.3 is 0 Å². The lowest BCUT2D eigenvalue weighted by atomic mass is 9.72. The molecule has 5 unspecified atom stereocenters. The molecule has 0 spiro atoms. The first kappa shape index (κ1) is 12.1. The molecule has 0 amide bonds. The highest BCUT2D eigenvalue weighted by atomic mass is 16.5. The zero-order valence-corrected chi connectivity index (χ0v) is 11.1. The summed E-state index contributed by atoms with van der Waals surface area (Å²) in [6.07, 6.45) is 10.1. The smallest absolute Gasteiger partial charge is 0.0932 e. The monoisotopic (exact) mass is 248 g/mol. The van der Waals surface area contributed by atoms with Crippen molar-refractivity contribution in [3.05, 3.63) is 25.7 Å². The van der Waals surface area contributed by atoms with E-state index in [9.17, 15) is 0 Å². The third-order valence-electron chi connectivity index (χ3n) is 5.72. The van der Waals surface area contributed by atoms with Crippen LogP contribution < -0.4 is 0 Å². The third kappa shape index (κ3) is 1.77. The Morgan fingerprint density at radius 2 is 2.00 bits per heavy atom. The average Bonchev–Trinajstić information content (AvgIpc) is 3.04. The molecule has 100 valence electrons. The van der Waals surface area contributed by atoms with Gasteiger partial charge in [0.2, 0.25) is 0 Å². The lowest BCUT2D eigenvalue weighted by molar-refractivity contribution is 0.0553. The molecule has 2 heteroatoms. The van der Waals surface area contributed by atoms with Crippen LogP contribution in [0, 0.1) is 29.1 Å². The molecule has 2 bridgehead atoms. The second-order valence-corrected chi connectivity index (χ2v) is 6.45. The molecule has 3 rings (SSSR count). The van der Waals surface area contributed by atoms with E-state index in [4.69, 9.17) is 9.47 Å². The van der Waals surface area contributed by atoms with Gasteiger partial charge in [-0.15, -0.1) is 0 Å². The lowest BCUT2D eigenvalue weighted by Crippen LogP contribution is -2.31. The van der Waals surface area contributed by atoms with Crippen LogP contribution in [0.3, 0.4) is 0 Å². The Labute approximate surface area is 110 Å². The Hall–Kier alpha value is -0.920. The van der Waals surface area contributed by atoms with Gasteiger partial charge in [-0.25, -0.2) is 0 Å². The molecular weight excluding hydrogens is 224 g/mol. The second-order valence-electron chi connectivity index (χ2n) is 6.45. The van der Waals surface area contributed by atoms with Crippen molar-refractivity contribution in [3.8, 4) is 0 Å². The van der Waals surface area contributed by atoms with Gasteiger partial charge in [0, 0.05) is 5.41 Å². The topological polar surface area (TPSA) is 18.5 Å². The molecular formula is C16H24O2. The fraction of sp³-hybridized carbons (Fsp3) is 0.750. The molecule has 2 nitrogen and oxygen atoms in total. The number of hydrogen-bond acceptors (Lipinski definition) is 2. The molecule has 3 saturated carbocycles. The molecule has 0 aromatic rings. The van der Waals surface area contributed by atoms with Crippen molar-refractivity contribution in [1.29, 1.82) is 0 Å². The number of ether oxygens (including phenoxy) is 2. The summed E-state index contributed by atoms with van der Waals surface area (Å²) in [4.78, 5) is 0. The molecule has 0 saturated heterocycles. The van der Waals surface area contributed by atoms with Gasteiger partial charge in [-0.3, -0.25) is 0 Å². The van der Waals surface area contributed by atoms with Gasteiger partial charge in [-0.2, -0.15) is 0 Å². The van der Waals surface area contributed by atoms with Crippen molar-refractivity contribution >= 4 is 0 Å². The van der Waals surface area contributed by atoms with E-state index in [1.807, 2.05) is 0 Å². The fourth-order valence-electron chi connectivity index (χ4n) is 5.11. The predicted molar refractivity (Wildman–Crippen MR) is 71.8 cm³/mol. The molecule has 0 N–H and O–H groups in total. The molecule has 3 aliphatic rings. The molecule has 0 aromatic carbocycles. The molecule has 0 heterocycles. The van der Waals surface area contributed by atoms with Crippen LogP contribution in [0.5, 0.6) is 0 Å². The van der Waals surface area contributed by atoms with E-state index in [0.29, 0.717) is 5.41 Å². The van der Waals surface area contributed by atoms with Gasteiger partial charge in [0.15, 0.2) is 0 Å². The summed E-state index contributed by atoms with van der Waals surface area (Å²) in [6.45, 7) is 9.08. The molecule has 5 atom stereocenters. The highest BCUT2D eigenvalue weighted by molar-refractivity contribution is 5.09. The van der Waals surface area contributed by atoms with Crippen LogP contribution in [-0.4, -0.2) is 13.2 Å². The van der Waals surface area contributed by atoms with Gasteiger partial charge in [0.05, 0.1) is 25.7 Å². The molecule has 18 heavy (non-hydrogen) atoms. The van der Waals surface area contributed by atoms with Gasteiger partial charge in [-0.1, -0.05) is 13.2 Å². The minimum Gasteiger partial charge on any atom is -0.502 e. The summed E-state index contributed by atoms with van der Waals surface area (Å²) < 4.78 is 11.0. The predicted octanol–water partition coefficient (Wildman–Crippen LogP) is 3.75. The number of rotatable bonds is 6.